The Balaban J connectivity index is 2.18. The Kier molecular flexibility index (Phi) is 4.56. The lowest BCUT2D eigenvalue weighted by molar-refractivity contribution is 0.479. The molecule has 2 aromatic rings. The van der Waals surface area contributed by atoms with Crippen LogP contribution in [0.4, 0.5) is 0 Å². The molecule has 0 radical (unpaired) electrons. The third-order valence-corrected chi connectivity index (χ3v) is 3.68. The van der Waals surface area contributed by atoms with Crippen LogP contribution < -0.4 is 10.1 Å². The molecule has 2 rings (SSSR count). The highest BCUT2D eigenvalue weighted by molar-refractivity contribution is 9.10. The van der Waals surface area contributed by atoms with Crippen molar-refractivity contribution in [3.63, 3.8) is 0 Å². The van der Waals surface area contributed by atoms with Gasteiger partial charge in [-0.3, -0.25) is 4.98 Å². The predicted molar refractivity (Wildman–Crippen MR) is 80.7 cm³/mol. The van der Waals surface area contributed by atoms with Crippen molar-refractivity contribution in [1.82, 2.24) is 10.3 Å². The van der Waals surface area contributed by atoms with Crippen LogP contribution in [-0.4, -0.2) is 12.0 Å². The molecule has 0 spiro atoms. The molecule has 1 heterocycles. The van der Waals surface area contributed by atoms with Gasteiger partial charge in [-0.05, 0) is 50.7 Å². The van der Waals surface area contributed by atoms with Crippen LogP contribution in [0.2, 0.25) is 0 Å². The van der Waals surface area contributed by atoms with E-state index in [1.807, 2.05) is 38.2 Å². The lowest BCUT2D eigenvalue weighted by Gasteiger charge is -2.14. The zero-order chi connectivity index (χ0) is 13.8. The van der Waals surface area contributed by atoms with E-state index in [2.05, 4.69) is 39.2 Å². The summed E-state index contributed by atoms with van der Waals surface area (Å²) >= 11 is 3.58. The van der Waals surface area contributed by atoms with Gasteiger partial charge in [-0.15, -0.1) is 0 Å². The van der Waals surface area contributed by atoms with Crippen LogP contribution in [0.3, 0.4) is 0 Å². The standard InChI is InChI=1S/C15H17BrN2O/c1-10-4-5-13(9-18-10)19-12-6-7-14(11(2)17-3)15(16)8-12/h4-9,11,17H,1-3H3. The number of nitrogens with one attached hydrogen (secondary N) is 1. The van der Waals surface area contributed by atoms with Crippen molar-refractivity contribution in [1.29, 1.82) is 0 Å². The second-order valence-electron chi connectivity index (χ2n) is 4.43. The number of aryl methyl sites for hydroxylation is 1. The number of pyridine rings is 1. The maximum Gasteiger partial charge on any atom is 0.145 e. The van der Waals surface area contributed by atoms with E-state index in [0.717, 1.165) is 21.7 Å². The van der Waals surface area contributed by atoms with Crippen molar-refractivity contribution < 1.29 is 4.74 Å². The Hall–Kier alpha value is -1.39. The highest BCUT2D eigenvalue weighted by Crippen LogP contribution is 2.29. The first kappa shape index (κ1) is 14.0. The van der Waals surface area contributed by atoms with Gasteiger partial charge in [0.1, 0.15) is 11.5 Å². The summed E-state index contributed by atoms with van der Waals surface area (Å²) in [5.41, 5.74) is 2.18. The van der Waals surface area contributed by atoms with Crippen molar-refractivity contribution in [2.24, 2.45) is 0 Å². The minimum Gasteiger partial charge on any atom is -0.456 e. The number of hydrogen-bond donors (Lipinski definition) is 1. The number of nitrogens with zero attached hydrogens (tertiary/aromatic N) is 1. The first-order chi connectivity index (χ1) is 9.10. The minimum atomic E-state index is 0.296. The topological polar surface area (TPSA) is 34.1 Å². The smallest absolute Gasteiger partial charge is 0.145 e. The molecule has 19 heavy (non-hydrogen) atoms. The van der Waals surface area contributed by atoms with Gasteiger partial charge < -0.3 is 10.1 Å². The van der Waals surface area contributed by atoms with Gasteiger partial charge in [0.15, 0.2) is 0 Å². The molecule has 0 bridgehead atoms. The van der Waals surface area contributed by atoms with E-state index < -0.39 is 0 Å². The molecule has 0 aliphatic carbocycles. The molecule has 0 fully saturated rings. The molecule has 1 unspecified atom stereocenters. The van der Waals surface area contributed by atoms with Crippen molar-refractivity contribution in [2.75, 3.05) is 7.05 Å². The van der Waals surface area contributed by atoms with Crippen LogP contribution in [-0.2, 0) is 0 Å². The first-order valence-electron chi connectivity index (χ1n) is 6.17. The summed E-state index contributed by atoms with van der Waals surface area (Å²) in [6.07, 6.45) is 1.73. The molecular weight excluding hydrogens is 304 g/mol. The zero-order valence-electron chi connectivity index (χ0n) is 11.3. The number of ether oxygens (including phenoxy) is 1. The van der Waals surface area contributed by atoms with Crippen LogP contribution in [0.5, 0.6) is 11.5 Å². The molecular formula is C15H17BrN2O. The van der Waals surface area contributed by atoms with Crippen LogP contribution in [0.15, 0.2) is 41.0 Å². The molecule has 0 aliphatic rings. The second kappa shape index (κ2) is 6.17. The van der Waals surface area contributed by atoms with E-state index in [1.54, 1.807) is 6.20 Å². The van der Waals surface area contributed by atoms with E-state index in [1.165, 1.54) is 5.56 Å². The molecule has 1 aromatic heterocycles. The van der Waals surface area contributed by atoms with Gasteiger partial charge >= 0.3 is 0 Å². The summed E-state index contributed by atoms with van der Waals surface area (Å²) < 4.78 is 6.80. The summed E-state index contributed by atoms with van der Waals surface area (Å²) in [5, 5.41) is 3.22. The van der Waals surface area contributed by atoms with Crippen molar-refractivity contribution in [2.45, 2.75) is 19.9 Å². The fourth-order valence-corrected chi connectivity index (χ4v) is 2.43. The average Bonchev–Trinajstić information content (AvgIpc) is 2.41. The molecule has 4 heteroatoms. The van der Waals surface area contributed by atoms with Crippen molar-refractivity contribution >= 4 is 15.9 Å². The van der Waals surface area contributed by atoms with E-state index >= 15 is 0 Å². The molecule has 0 saturated heterocycles. The Morgan fingerprint density at radius 2 is 1.95 bits per heavy atom. The monoisotopic (exact) mass is 320 g/mol. The lowest BCUT2D eigenvalue weighted by atomic mass is 10.1. The summed E-state index contributed by atoms with van der Waals surface area (Å²) in [4.78, 5) is 4.21. The summed E-state index contributed by atoms with van der Waals surface area (Å²) in [7, 11) is 1.94. The maximum atomic E-state index is 5.77. The summed E-state index contributed by atoms with van der Waals surface area (Å²) in [6.45, 7) is 4.07. The van der Waals surface area contributed by atoms with Crippen molar-refractivity contribution in [3.8, 4) is 11.5 Å². The Bertz CT molecular complexity index is 555. The quantitative estimate of drug-likeness (QED) is 0.915. The maximum absolute atomic E-state index is 5.77. The fraction of sp³-hybridized carbons (Fsp3) is 0.267. The Labute approximate surface area is 122 Å². The fourth-order valence-electron chi connectivity index (χ4n) is 1.73. The average molecular weight is 321 g/mol. The highest BCUT2D eigenvalue weighted by atomic mass is 79.9. The number of hydrogen-bond acceptors (Lipinski definition) is 3. The van der Waals surface area contributed by atoms with Crippen LogP contribution in [0.1, 0.15) is 24.2 Å². The molecule has 3 nitrogen and oxygen atoms in total. The van der Waals surface area contributed by atoms with E-state index in [4.69, 9.17) is 4.74 Å². The van der Waals surface area contributed by atoms with Crippen LogP contribution >= 0.6 is 15.9 Å². The molecule has 0 amide bonds. The van der Waals surface area contributed by atoms with E-state index in [-0.39, 0.29) is 0 Å². The number of benzene rings is 1. The molecule has 0 aliphatic heterocycles. The molecule has 1 atom stereocenters. The summed E-state index contributed by atoms with van der Waals surface area (Å²) in [5.74, 6) is 1.54. The first-order valence-corrected chi connectivity index (χ1v) is 6.96. The van der Waals surface area contributed by atoms with E-state index in [9.17, 15) is 0 Å². The van der Waals surface area contributed by atoms with Crippen LogP contribution in [0.25, 0.3) is 0 Å². The molecule has 1 aromatic carbocycles. The van der Waals surface area contributed by atoms with Gasteiger partial charge in [0.2, 0.25) is 0 Å². The SMILES string of the molecule is CNC(C)c1ccc(Oc2ccc(C)nc2)cc1Br. The number of aromatic nitrogens is 1. The summed E-state index contributed by atoms with van der Waals surface area (Å²) in [6, 6.07) is 10.1. The van der Waals surface area contributed by atoms with Gasteiger partial charge in [0.05, 0.1) is 6.20 Å². The second-order valence-corrected chi connectivity index (χ2v) is 5.29. The Morgan fingerprint density at radius 1 is 1.21 bits per heavy atom. The van der Waals surface area contributed by atoms with Gasteiger partial charge in [-0.2, -0.15) is 0 Å². The predicted octanol–water partition coefficient (Wildman–Crippen LogP) is 4.23. The number of halogens is 1. The van der Waals surface area contributed by atoms with Crippen molar-refractivity contribution in [3.05, 3.63) is 52.3 Å². The lowest BCUT2D eigenvalue weighted by Crippen LogP contribution is -2.12. The third kappa shape index (κ3) is 3.55. The van der Waals surface area contributed by atoms with Gasteiger partial charge in [0, 0.05) is 16.2 Å². The molecule has 1 N–H and O–H groups in total. The third-order valence-electron chi connectivity index (χ3n) is 2.99. The minimum absolute atomic E-state index is 0.296. The Morgan fingerprint density at radius 3 is 2.53 bits per heavy atom. The number of rotatable bonds is 4. The largest absolute Gasteiger partial charge is 0.456 e. The highest BCUT2D eigenvalue weighted by Gasteiger charge is 2.08. The molecule has 0 saturated carbocycles. The normalized spacial score (nSPS) is 12.2. The van der Waals surface area contributed by atoms with Gasteiger partial charge in [-0.1, -0.05) is 22.0 Å². The molecule has 100 valence electrons. The van der Waals surface area contributed by atoms with Gasteiger partial charge in [-0.25, -0.2) is 0 Å². The van der Waals surface area contributed by atoms with Gasteiger partial charge in [0.25, 0.3) is 0 Å². The zero-order valence-corrected chi connectivity index (χ0v) is 12.9. The van der Waals surface area contributed by atoms with E-state index in [0.29, 0.717) is 6.04 Å². The van der Waals surface area contributed by atoms with Crippen LogP contribution in [0, 0.1) is 6.92 Å².